The normalized spacial score (nSPS) is 29.4. The highest BCUT2D eigenvalue weighted by molar-refractivity contribution is 6.30. The molecule has 3 nitrogen and oxygen atoms in total. The van der Waals surface area contributed by atoms with Gasteiger partial charge in [-0.2, -0.15) is 0 Å². The van der Waals surface area contributed by atoms with Gasteiger partial charge in [-0.25, -0.2) is 4.79 Å². The summed E-state index contributed by atoms with van der Waals surface area (Å²) in [4.78, 5) is 11.5. The molecule has 104 valence electrons. The van der Waals surface area contributed by atoms with Crippen LogP contribution in [0, 0.1) is 11.3 Å². The van der Waals surface area contributed by atoms with Crippen molar-refractivity contribution in [1.82, 2.24) is 0 Å². The highest BCUT2D eigenvalue weighted by atomic mass is 35.5. The number of benzene rings is 1. The molecule has 19 heavy (non-hydrogen) atoms. The van der Waals surface area contributed by atoms with Gasteiger partial charge in [-0.05, 0) is 37.0 Å². The van der Waals surface area contributed by atoms with E-state index in [1.165, 1.54) is 0 Å². The summed E-state index contributed by atoms with van der Waals surface area (Å²) in [5, 5.41) is 20.7. The molecule has 0 spiro atoms. The molecule has 1 aromatic carbocycles. The molecule has 2 rings (SSSR count). The zero-order valence-electron chi connectivity index (χ0n) is 11.2. The molecular weight excluding hydrogens is 264 g/mol. The van der Waals surface area contributed by atoms with Crippen LogP contribution < -0.4 is 0 Å². The molecule has 2 atom stereocenters. The lowest BCUT2D eigenvalue weighted by Gasteiger charge is -2.36. The number of halogens is 1. The molecule has 0 saturated heterocycles. The first-order chi connectivity index (χ1) is 8.77. The summed E-state index contributed by atoms with van der Waals surface area (Å²) in [5.74, 6) is -1.38. The number of hydrogen-bond acceptors (Lipinski definition) is 2. The maximum absolute atomic E-state index is 11.5. The summed E-state index contributed by atoms with van der Waals surface area (Å²) in [6, 6.07) is 7.35. The summed E-state index contributed by atoms with van der Waals surface area (Å²) in [5.41, 5.74) is -1.26. The van der Waals surface area contributed by atoms with E-state index in [-0.39, 0.29) is 5.92 Å². The molecule has 2 unspecified atom stereocenters. The highest BCUT2D eigenvalue weighted by Gasteiger charge is 2.59. The molecule has 1 aliphatic rings. The van der Waals surface area contributed by atoms with Gasteiger partial charge in [-0.1, -0.05) is 37.6 Å². The molecule has 0 amide bonds. The first-order valence-electron chi connectivity index (χ1n) is 6.47. The molecule has 1 aliphatic carbocycles. The van der Waals surface area contributed by atoms with Gasteiger partial charge in [0, 0.05) is 16.4 Å². The molecule has 0 heterocycles. The molecular formula is C15H19ClO3. The number of rotatable bonds is 3. The molecule has 1 fully saturated rings. The Kier molecular flexibility index (Phi) is 3.63. The van der Waals surface area contributed by atoms with E-state index in [4.69, 9.17) is 11.6 Å². The highest BCUT2D eigenvalue weighted by Crippen LogP contribution is 2.50. The van der Waals surface area contributed by atoms with E-state index in [0.29, 0.717) is 17.9 Å². The van der Waals surface area contributed by atoms with Crippen LogP contribution in [0.25, 0.3) is 0 Å². The summed E-state index contributed by atoms with van der Waals surface area (Å²) in [6.07, 6.45) is 2.00. The third-order valence-electron chi connectivity index (χ3n) is 4.46. The number of hydrogen-bond donors (Lipinski definition) is 2. The van der Waals surface area contributed by atoms with Crippen molar-refractivity contribution < 1.29 is 15.0 Å². The van der Waals surface area contributed by atoms with Gasteiger partial charge < -0.3 is 10.2 Å². The Morgan fingerprint density at radius 1 is 1.37 bits per heavy atom. The van der Waals surface area contributed by atoms with Gasteiger partial charge in [-0.3, -0.25) is 0 Å². The van der Waals surface area contributed by atoms with E-state index in [0.717, 1.165) is 12.0 Å². The minimum absolute atomic E-state index is 0.263. The Labute approximate surface area is 118 Å². The Balaban J connectivity index is 2.25. The average Bonchev–Trinajstić information content (AvgIpc) is 2.57. The second-order valence-electron chi connectivity index (χ2n) is 6.02. The van der Waals surface area contributed by atoms with Crippen molar-refractivity contribution in [2.75, 3.05) is 0 Å². The van der Waals surface area contributed by atoms with Crippen molar-refractivity contribution in [3.8, 4) is 0 Å². The van der Waals surface area contributed by atoms with Crippen molar-refractivity contribution in [3.05, 3.63) is 34.9 Å². The van der Waals surface area contributed by atoms with Crippen molar-refractivity contribution in [1.29, 1.82) is 0 Å². The maximum Gasteiger partial charge on any atom is 0.336 e. The number of carbonyl (C=O) groups is 1. The van der Waals surface area contributed by atoms with Gasteiger partial charge in [0.15, 0.2) is 5.60 Å². The predicted molar refractivity (Wildman–Crippen MR) is 74.2 cm³/mol. The number of aliphatic carboxylic acids is 1. The third-order valence-corrected chi connectivity index (χ3v) is 4.71. The zero-order chi connectivity index (χ0) is 14.3. The van der Waals surface area contributed by atoms with E-state index < -0.39 is 17.0 Å². The van der Waals surface area contributed by atoms with Gasteiger partial charge in [0.05, 0.1) is 0 Å². The summed E-state index contributed by atoms with van der Waals surface area (Å²) in [6.45, 7) is 3.64. The molecule has 1 saturated carbocycles. The van der Waals surface area contributed by atoms with Gasteiger partial charge in [0.2, 0.25) is 0 Å². The van der Waals surface area contributed by atoms with E-state index >= 15 is 0 Å². The monoisotopic (exact) mass is 282 g/mol. The van der Waals surface area contributed by atoms with Crippen LogP contribution in [0.5, 0.6) is 0 Å². The van der Waals surface area contributed by atoms with Crippen LogP contribution in [0.1, 0.15) is 32.3 Å². The first kappa shape index (κ1) is 14.4. The van der Waals surface area contributed by atoms with E-state index in [1.807, 2.05) is 26.0 Å². The lowest BCUT2D eigenvalue weighted by atomic mass is 9.73. The minimum atomic E-state index is -1.66. The van der Waals surface area contributed by atoms with Gasteiger partial charge >= 0.3 is 5.97 Å². The molecule has 4 heteroatoms. The van der Waals surface area contributed by atoms with Crippen LogP contribution in [0.4, 0.5) is 0 Å². The molecule has 0 aliphatic heterocycles. The van der Waals surface area contributed by atoms with Gasteiger partial charge in [0.1, 0.15) is 0 Å². The number of carboxylic acid groups (broad SMARTS) is 1. The zero-order valence-corrected chi connectivity index (χ0v) is 11.9. The van der Waals surface area contributed by atoms with Crippen LogP contribution in [-0.4, -0.2) is 21.8 Å². The van der Waals surface area contributed by atoms with Crippen LogP contribution in [0.15, 0.2) is 24.3 Å². The Bertz CT molecular complexity index is 481. The summed E-state index contributed by atoms with van der Waals surface area (Å²) >= 11 is 5.84. The summed E-state index contributed by atoms with van der Waals surface area (Å²) in [7, 11) is 0. The number of carboxylic acids is 1. The SMILES string of the molecule is CC1(C)CCC(Cc2ccc(Cl)cc2)C1(O)C(=O)O. The number of aliphatic hydroxyl groups is 1. The fourth-order valence-electron chi connectivity index (χ4n) is 3.11. The van der Waals surface area contributed by atoms with Crippen LogP contribution >= 0.6 is 11.6 Å². The van der Waals surface area contributed by atoms with Crippen LogP contribution in [0.3, 0.4) is 0 Å². The molecule has 0 radical (unpaired) electrons. The second-order valence-corrected chi connectivity index (χ2v) is 6.46. The maximum atomic E-state index is 11.5. The van der Waals surface area contributed by atoms with Crippen molar-refractivity contribution in [2.45, 2.75) is 38.7 Å². The minimum Gasteiger partial charge on any atom is -0.479 e. The van der Waals surface area contributed by atoms with Gasteiger partial charge in [-0.15, -0.1) is 0 Å². The Morgan fingerprint density at radius 2 is 1.95 bits per heavy atom. The van der Waals surface area contributed by atoms with Crippen LogP contribution in [-0.2, 0) is 11.2 Å². The van der Waals surface area contributed by atoms with Crippen LogP contribution in [0.2, 0.25) is 5.02 Å². The van der Waals surface area contributed by atoms with Crippen molar-refractivity contribution in [3.63, 3.8) is 0 Å². The molecule has 0 bridgehead atoms. The second kappa shape index (κ2) is 4.80. The van der Waals surface area contributed by atoms with E-state index in [9.17, 15) is 15.0 Å². The fourth-order valence-corrected chi connectivity index (χ4v) is 3.23. The fraction of sp³-hybridized carbons (Fsp3) is 0.533. The first-order valence-corrected chi connectivity index (χ1v) is 6.85. The van der Waals surface area contributed by atoms with Crippen molar-refractivity contribution in [2.24, 2.45) is 11.3 Å². The van der Waals surface area contributed by atoms with E-state index in [2.05, 4.69) is 0 Å². The molecule has 0 aromatic heterocycles. The largest absolute Gasteiger partial charge is 0.479 e. The third kappa shape index (κ3) is 2.37. The smallest absolute Gasteiger partial charge is 0.336 e. The topological polar surface area (TPSA) is 57.5 Å². The lowest BCUT2D eigenvalue weighted by molar-refractivity contribution is -0.175. The predicted octanol–water partition coefficient (Wildman–Crippen LogP) is 3.13. The van der Waals surface area contributed by atoms with Crippen molar-refractivity contribution >= 4 is 17.6 Å². The Hall–Kier alpha value is -1.06. The standard InChI is InChI=1S/C15H19ClO3/c1-14(2)8-7-11(15(14,19)13(17)18)9-10-3-5-12(16)6-4-10/h3-6,11,19H,7-9H2,1-2H3,(H,17,18). The summed E-state index contributed by atoms with van der Waals surface area (Å²) < 4.78 is 0. The average molecular weight is 283 g/mol. The molecule has 2 N–H and O–H groups in total. The molecule has 1 aromatic rings. The Morgan fingerprint density at radius 3 is 2.47 bits per heavy atom. The van der Waals surface area contributed by atoms with Gasteiger partial charge in [0.25, 0.3) is 0 Å². The van der Waals surface area contributed by atoms with E-state index in [1.54, 1.807) is 12.1 Å². The lowest BCUT2D eigenvalue weighted by Crippen LogP contribution is -2.52. The quantitative estimate of drug-likeness (QED) is 0.895.